The normalized spacial score (nSPS) is 31.5. The number of Topliss-reactive ketones (excluding diaryl/α,β-unsaturated/α-hetero) is 1. The van der Waals surface area contributed by atoms with Crippen LogP contribution in [0.3, 0.4) is 0 Å². The number of hydrogen-bond donors (Lipinski definition) is 2. The van der Waals surface area contributed by atoms with Gasteiger partial charge in [-0.15, -0.1) is 0 Å². The summed E-state index contributed by atoms with van der Waals surface area (Å²) in [5, 5.41) is 19.4. The van der Waals surface area contributed by atoms with E-state index in [1.54, 1.807) is 0 Å². The van der Waals surface area contributed by atoms with Crippen molar-refractivity contribution in [3.05, 3.63) is 23.8 Å². The molecule has 2 atom stereocenters. The topological polar surface area (TPSA) is 83.3 Å². The van der Waals surface area contributed by atoms with Crippen molar-refractivity contribution >= 4 is 5.78 Å². The Bertz CT molecular complexity index is 444. The Morgan fingerprint density at radius 3 is 2.60 bits per heavy atom. The van der Waals surface area contributed by atoms with Crippen molar-refractivity contribution in [2.45, 2.75) is 30.5 Å². The van der Waals surface area contributed by atoms with Gasteiger partial charge in [-0.3, -0.25) is 14.8 Å². The molecule has 5 heteroatoms. The van der Waals surface area contributed by atoms with E-state index in [1.165, 1.54) is 12.4 Å². The highest BCUT2D eigenvalue weighted by atomic mass is 16.5. The molecule has 0 saturated heterocycles. The first-order valence-corrected chi connectivity index (χ1v) is 4.92. The molecule has 15 heavy (non-hydrogen) atoms. The van der Waals surface area contributed by atoms with Crippen molar-refractivity contribution in [2.24, 2.45) is 0 Å². The van der Waals surface area contributed by atoms with Crippen LogP contribution in [-0.4, -0.2) is 31.8 Å². The summed E-state index contributed by atoms with van der Waals surface area (Å²) in [6.45, 7) is 0. The molecule has 2 N–H and O–H groups in total. The summed E-state index contributed by atoms with van der Waals surface area (Å²) in [5.41, 5.74) is 1.19. The average molecular weight is 206 g/mol. The largest absolute Gasteiger partial charge is 0.359 e. The predicted octanol–water partition coefficient (Wildman–Crippen LogP) is -0.299. The Balaban J connectivity index is 2.25. The first kappa shape index (κ1) is 8.94. The van der Waals surface area contributed by atoms with Crippen molar-refractivity contribution in [3.63, 3.8) is 0 Å². The molecule has 78 valence electrons. The molecule has 1 saturated carbocycles. The molecule has 0 aromatic carbocycles. The molecule has 1 aromatic heterocycles. The fourth-order valence-electron chi connectivity index (χ4n) is 2.58. The van der Waals surface area contributed by atoms with E-state index < -0.39 is 23.4 Å². The zero-order chi connectivity index (χ0) is 10.6. The monoisotopic (exact) mass is 206 g/mol. The summed E-state index contributed by atoms with van der Waals surface area (Å²) < 4.78 is 0. The summed E-state index contributed by atoms with van der Waals surface area (Å²) in [6.07, 6.45) is 4.26. The second kappa shape index (κ2) is 2.62. The van der Waals surface area contributed by atoms with Gasteiger partial charge in [0.25, 0.3) is 0 Å². The van der Waals surface area contributed by atoms with Crippen LogP contribution in [0.5, 0.6) is 0 Å². The molecule has 4 rings (SSSR count). The van der Waals surface area contributed by atoms with Crippen molar-refractivity contribution in [2.75, 3.05) is 0 Å². The number of fused-ring (bicyclic) bond motifs is 2. The van der Waals surface area contributed by atoms with Gasteiger partial charge in [0, 0.05) is 12.4 Å². The standard InChI is InChI=1S/C10H10N2O3/c13-9-5-1-2-6(10(9,14)15)8-7(5)11-3-4-12-8/h3-6,14-15H,1-2H2. The molecule has 0 amide bonds. The van der Waals surface area contributed by atoms with Crippen molar-refractivity contribution < 1.29 is 15.0 Å². The Morgan fingerprint density at radius 1 is 1.20 bits per heavy atom. The van der Waals surface area contributed by atoms with Crippen LogP contribution < -0.4 is 0 Å². The molecule has 0 radical (unpaired) electrons. The maximum atomic E-state index is 11.7. The quantitative estimate of drug-likeness (QED) is 0.569. The van der Waals surface area contributed by atoms with Gasteiger partial charge < -0.3 is 10.2 Å². The number of carbonyl (C=O) groups excluding carboxylic acids is 1. The first-order chi connectivity index (χ1) is 7.12. The summed E-state index contributed by atoms with van der Waals surface area (Å²) in [7, 11) is 0. The number of carbonyl (C=O) groups is 1. The number of nitrogens with zero attached hydrogens (tertiary/aromatic N) is 2. The minimum Gasteiger partial charge on any atom is -0.359 e. The van der Waals surface area contributed by atoms with Crippen LogP contribution in [0.1, 0.15) is 36.1 Å². The van der Waals surface area contributed by atoms with Gasteiger partial charge in [-0.25, -0.2) is 0 Å². The third kappa shape index (κ3) is 0.965. The van der Waals surface area contributed by atoms with Crippen molar-refractivity contribution in [3.8, 4) is 0 Å². The minimum absolute atomic E-state index is 0.492. The summed E-state index contributed by atoms with van der Waals surface area (Å²) in [5.74, 6) is -3.88. The zero-order valence-electron chi connectivity index (χ0n) is 7.92. The summed E-state index contributed by atoms with van der Waals surface area (Å²) in [6, 6.07) is 0. The van der Waals surface area contributed by atoms with Crippen molar-refractivity contribution in [1.82, 2.24) is 9.97 Å². The van der Waals surface area contributed by atoms with Crippen LogP contribution in [0.15, 0.2) is 12.4 Å². The molecular formula is C10H10N2O3. The van der Waals surface area contributed by atoms with Crippen LogP contribution in [0.4, 0.5) is 0 Å². The van der Waals surface area contributed by atoms with Crippen LogP contribution in [0.2, 0.25) is 0 Å². The molecule has 1 fully saturated rings. The van der Waals surface area contributed by atoms with E-state index in [1.807, 2.05) is 0 Å². The van der Waals surface area contributed by atoms with E-state index in [4.69, 9.17) is 0 Å². The molecule has 0 spiro atoms. The van der Waals surface area contributed by atoms with Gasteiger partial charge in [0.05, 0.1) is 23.2 Å². The lowest BCUT2D eigenvalue weighted by molar-refractivity contribution is -0.203. The number of rotatable bonds is 0. The lowest BCUT2D eigenvalue weighted by atomic mass is 9.66. The van der Waals surface area contributed by atoms with Crippen LogP contribution in [0, 0.1) is 0 Å². The van der Waals surface area contributed by atoms with E-state index in [2.05, 4.69) is 9.97 Å². The third-order valence-corrected chi connectivity index (χ3v) is 3.33. The molecule has 5 nitrogen and oxygen atoms in total. The highest BCUT2D eigenvalue weighted by Gasteiger charge is 2.56. The fraction of sp³-hybridized carbons (Fsp3) is 0.500. The highest BCUT2D eigenvalue weighted by molar-refractivity contribution is 5.95. The van der Waals surface area contributed by atoms with Crippen molar-refractivity contribution in [1.29, 1.82) is 0 Å². The highest BCUT2D eigenvalue weighted by Crippen LogP contribution is 2.49. The summed E-state index contributed by atoms with van der Waals surface area (Å²) >= 11 is 0. The second-order valence-electron chi connectivity index (χ2n) is 4.10. The second-order valence-corrected chi connectivity index (χ2v) is 4.10. The predicted molar refractivity (Wildman–Crippen MR) is 48.9 cm³/mol. The average Bonchev–Trinajstić information content (AvgIpc) is 2.24. The SMILES string of the molecule is O=C1C2CCC(c3nccnc32)C1(O)O. The van der Waals surface area contributed by atoms with Crippen LogP contribution in [-0.2, 0) is 4.79 Å². The van der Waals surface area contributed by atoms with Gasteiger partial charge in [0.2, 0.25) is 11.6 Å². The Morgan fingerprint density at radius 2 is 1.87 bits per heavy atom. The molecule has 1 heterocycles. The Labute approximate surface area is 85.8 Å². The lowest BCUT2D eigenvalue weighted by Crippen LogP contribution is -2.54. The first-order valence-electron chi connectivity index (χ1n) is 4.92. The zero-order valence-corrected chi connectivity index (χ0v) is 7.92. The fourth-order valence-corrected chi connectivity index (χ4v) is 2.58. The third-order valence-electron chi connectivity index (χ3n) is 3.33. The summed E-state index contributed by atoms with van der Waals surface area (Å²) in [4.78, 5) is 19.9. The molecular weight excluding hydrogens is 196 g/mol. The molecule has 3 aliphatic rings. The van der Waals surface area contributed by atoms with E-state index in [0.29, 0.717) is 24.2 Å². The van der Waals surface area contributed by atoms with E-state index in [0.717, 1.165) is 0 Å². The molecule has 2 bridgehead atoms. The Kier molecular flexibility index (Phi) is 1.56. The minimum atomic E-state index is -2.24. The van der Waals surface area contributed by atoms with Gasteiger partial charge in [-0.2, -0.15) is 0 Å². The number of ketones is 1. The number of hydrogen-bond acceptors (Lipinski definition) is 5. The van der Waals surface area contributed by atoms with Crippen LogP contribution >= 0.6 is 0 Å². The van der Waals surface area contributed by atoms with E-state index in [-0.39, 0.29) is 0 Å². The van der Waals surface area contributed by atoms with E-state index >= 15 is 0 Å². The van der Waals surface area contributed by atoms with Gasteiger partial charge in [-0.1, -0.05) is 0 Å². The van der Waals surface area contributed by atoms with Gasteiger partial charge >= 0.3 is 0 Å². The number of aliphatic hydroxyl groups is 2. The van der Waals surface area contributed by atoms with Gasteiger partial charge in [0.1, 0.15) is 0 Å². The van der Waals surface area contributed by atoms with Gasteiger partial charge in [-0.05, 0) is 12.8 Å². The van der Waals surface area contributed by atoms with Crippen LogP contribution in [0.25, 0.3) is 0 Å². The maximum Gasteiger partial charge on any atom is 0.233 e. The smallest absolute Gasteiger partial charge is 0.233 e. The molecule has 0 aliphatic heterocycles. The number of aromatic nitrogens is 2. The Hall–Kier alpha value is -1.33. The maximum absolute atomic E-state index is 11.7. The molecule has 1 aromatic rings. The lowest BCUT2D eigenvalue weighted by Gasteiger charge is -2.43. The van der Waals surface area contributed by atoms with Gasteiger partial charge in [0.15, 0.2) is 0 Å². The van der Waals surface area contributed by atoms with E-state index in [9.17, 15) is 15.0 Å². The molecule has 2 unspecified atom stereocenters. The molecule has 3 aliphatic carbocycles.